The lowest BCUT2D eigenvalue weighted by Gasteiger charge is -2.15. The molecule has 0 spiro atoms. The molecule has 1 fully saturated rings. The topological polar surface area (TPSA) is 106 Å². The summed E-state index contributed by atoms with van der Waals surface area (Å²) < 4.78 is 20.2. The molecule has 1 aliphatic heterocycles. The maximum absolute atomic E-state index is 14.2. The third-order valence-electron chi connectivity index (χ3n) is 5.73. The van der Waals surface area contributed by atoms with Gasteiger partial charge in [0.15, 0.2) is 5.75 Å². The molecule has 1 N–H and O–H groups in total. The minimum Gasteiger partial charge on any atom is -0.482 e. The van der Waals surface area contributed by atoms with E-state index >= 15 is 0 Å². The summed E-state index contributed by atoms with van der Waals surface area (Å²) in [6.45, 7) is 1.58. The number of likely N-dealkylation sites (tertiary alicyclic amines) is 1. The summed E-state index contributed by atoms with van der Waals surface area (Å²) in [7, 11) is 1.99. The standard InChI is InChI=1S/C24H21FN6O3/c1-30-9-7-16(13-30)34-23-12-21-18(11-22(23)31(32)33)24(28-14-27-21)29-15-6-8-26-20(10-15)17-4-2-3-5-19(17)25/h2-6,8,10-12,14,16H,7,9,13H2,1H3,(H,26,27,28,29)/t16-/m1/s1. The molecular weight excluding hydrogens is 439 g/mol. The Labute approximate surface area is 194 Å². The minimum atomic E-state index is -0.465. The van der Waals surface area contributed by atoms with Crippen molar-refractivity contribution in [2.24, 2.45) is 0 Å². The van der Waals surface area contributed by atoms with Gasteiger partial charge in [-0.05, 0) is 37.7 Å². The molecule has 1 saturated heterocycles. The molecule has 2 aromatic carbocycles. The molecule has 0 unspecified atom stereocenters. The number of anilines is 2. The molecule has 5 rings (SSSR count). The molecule has 3 heterocycles. The summed E-state index contributed by atoms with van der Waals surface area (Å²) in [5.41, 5.74) is 1.78. The number of halogens is 1. The Balaban J connectivity index is 1.50. The second kappa shape index (κ2) is 8.99. The number of pyridine rings is 1. The largest absolute Gasteiger partial charge is 0.482 e. The molecular formula is C24H21FN6O3. The molecule has 4 aromatic rings. The number of nitro benzene ring substituents is 1. The van der Waals surface area contributed by atoms with Gasteiger partial charge in [0.25, 0.3) is 0 Å². The molecule has 10 heteroatoms. The Morgan fingerprint density at radius 2 is 2.03 bits per heavy atom. The van der Waals surface area contributed by atoms with Gasteiger partial charge in [-0.3, -0.25) is 15.1 Å². The first kappa shape index (κ1) is 21.7. The van der Waals surface area contributed by atoms with Gasteiger partial charge >= 0.3 is 5.69 Å². The predicted octanol–water partition coefficient (Wildman–Crippen LogP) is 4.57. The lowest BCUT2D eigenvalue weighted by atomic mass is 10.1. The van der Waals surface area contributed by atoms with E-state index in [2.05, 4.69) is 25.2 Å². The van der Waals surface area contributed by atoms with E-state index in [4.69, 9.17) is 4.74 Å². The average molecular weight is 460 g/mol. The molecule has 0 radical (unpaired) electrons. The van der Waals surface area contributed by atoms with Crippen molar-refractivity contribution in [1.82, 2.24) is 19.9 Å². The lowest BCUT2D eigenvalue weighted by molar-refractivity contribution is -0.385. The summed E-state index contributed by atoms with van der Waals surface area (Å²) in [5, 5.41) is 15.4. The van der Waals surface area contributed by atoms with Crippen molar-refractivity contribution in [3.63, 3.8) is 0 Å². The van der Waals surface area contributed by atoms with Crippen LogP contribution in [0.15, 0.2) is 61.1 Å². The van der Waals surface area contributed by atoms with Gasteiger partial charge in [0.2, 0.25) is 0 Å². The predicted molar refractivity (Wildman–Crippen MR) is 126 cm³/mol. The molecule has 1 aliphatic rings. The zero-order valence-corrected chi connectivity index (χ0v) is 18.3. The highest BCUT2D eigenvalue weighted by Gasteiger charge is 2.26. The Bertz CT molecular complexity index is 1380. The van der Waals surface area contributed by atoms with Crippen LogP contribution in [-0.2, 0) is 0 Å². The van der Waals surface area contributed by atoms with E-state index < -0.39 is 4.92 Å². The van der Waals surface area contributed by atoms with E-state index in [1.165, 1.54) is 18.5 Å². The van der Waals surface area contributed by atoms with E-state index in [1.807, 2.05) is 7.05 Å². The Morgan fingerprint density at radius 3 is 2.79 bits per heavy atom. The third-order valence-corrected chi connectivity index (χ3v) is 5.73. The van der Waals surface area contributed by atoms with Crippen molar-refractivity contribution in [2.75, 3.05) is 25.5 Å². The average Bonchev–Trinajstić information content (AvgIpc) is 3.23. The van der Waals surface area contributed by atoms with Gasteiger partial charge in [-0.25, -0.2) is 14.4 Å². The lowest BCUT2D eigenvalue weighted by Crippen LogP contribution is -2.21. The van der Waals surface area contributed by atoms with Crippen molar-refractivity contribution in [2.45, 2.75) is 12.5 Å². The Hall–Kier alpha value is -4.18. The highest BCUT2D eigenvalue weighted by Crippen LogP contribution is 2.36. The van der Waals surface area contributed by atoms with Gasteiger partial charge in [0.1, 0.15) is 24.1 Å². The number of benzene rings is 2. The highest BCUT2D eigenvalue weighted by molar-refractivity contribution is 5.94. The van der Waals surface area contributed by atoms with Crippen LogP contribution in [0, 0.1) is 15.9 Å². The van der Waals surface area contributed by atoms with E-state index in [0.29, 0.717) is 40.2 Å². The van der Waals surface area contributed by atoms with Crippen molar-refractivity contribution in [3.8, 4) is 17.0 Å². The highest BCUT2D eigenvalue weighted by atomic mass is 19.1. The van der Waals surface area contributed by atoms with Crippen LogP contribution in [0.1, 0.15) is 6.42 Å². The van der Waals surface area contributed by atoms with Crippen molar-refractivity contribution in [3.05, 3.63) is 77.0 Å². The van der Waals surface area contributed by atoms with Crippen LogP contribution in [0.25, 0.3) is 22.2 Å². The van der Waals surface area contributed by atoms with Crippen LogP contribution >= 0.6 is 0 Å². The van der Waals surface area contributed by atoms with Crippen LogP contribution in [0.3, 0.4) is 0 Å². The fourth-order valence-electron chi connectivity index (χ4n) is 4.04. The minimum absolute atomic E-state index is 0.116. The van der Waals surface area contributed by atoms with Crippen LogP contribution < -0.4 is 10.1 Å². The van der Waals surface area contributed by atoms with E-state index in [1.54, 1.807) is 42.6 Å². The summed E-state index contributed by atoms with van der Waals surface area (Å²) in [6, 6.07) is 12.8. The van der Waals surface area contributed by atoms with Crippen molar-refractivity contribution >= 4 is 28.1 Å². The maximum Gasteiger partial charge on any atom is 0.311 e. The molecule has 2 aromatic heterocycles. The van der Waals surface area contributed by atoms with Crippen molar-refractivity contribution in [1.29, 1.82) is 0 Å². The number of hydrogen-bond acceptors (Lipinski definition) is 8. The monoisotopic (exact) mass is 460 g/mol. The van der Waals surface area contributed by atoms with Gasteiger partial charge < -0.3 is 15.0 Å². The van der Waals surface area contributed by atoms with E-state index in [9.17, 15) is 14.5 Å². The number of aromatic nitrogens is 3. The maximum atomic E-state index is 14.2. The van der Waals surface area contributed by atoms with Crippen LogP contribution in [0.5, 0.6) is 5.75 Å². The first-order chi connectivity index (χ1) is 16.5. The summed E-state index contributed by atoms with van der Waals surface area (Å²) in [4.78, 5) is 26.3. The summed E-state index contributed by atoms with van der Waals surface area (Å²) in [5.74, 6) is 0.190. The summed E-state index contributed by atoms with van der Waals surface area (Å²) in [6.07, 6.45) is 3.62. The Morgan fingerprint density at radius 1 is 1.18 bits per heavy atom. The van der Waals surface area contributed by atoms with Crippen LogP contribution in [0.4, 0.5) is 21.6 Å². The number of nitro groups is 1. The molecule has 9 nitrogen and oxygen atoms in total. The Kier molecular flexibility index (Phi) is 5.72. The number of nitrogens with one attached hydrogen (secondary N) is 1. The second-order valence-electron chi connectivity index (χ2n) is 8.14. The fourth-order valence-corrected chi connectivity index (χ4v) is 4.04. The third kappa shape index (κ3) is 4.35. The first-order valence-corrected chi connectivity index (χ1v) is 10.7. The fraction of sp³-hybridized carbons (Fsp3) is 0.208. The molecule has 0 bridgehead atoms. The molecule has 172 valence electrons. The number of fused-ring (bicyclic) bond motifs is 1. The number of hydrogen-bond donors (Lipinski definition) is 1. The van der Waals surface area contributed by atoms with E-state index in [-0.39, 0.29) is 23.4 Å². The van der Waals surface area contributed by atoms with E-state index in [0.717, 1.165) is 13.0 Å². The number of likely N-dealkylation sites (N-methyl/N-ethyl adjacent to an activating group) is 1. The molecule has 0 aliphatic carbocycles. The zero-order chi connectivity index (χ0) is 23.7. The quantitative estimate of drug-likeness (QED) is 0.330. The molecule has 34 heavy (non-hydrogen) atoms. The molecule has 0 amide bonds. The second-order valence-corrected chi connectivity index (χ2v) is 8.14. The number of ether oxygens (including phenoxy) is 1. The van der Waals surface area contributed by atoms with Crippen LogP contribution in [-0.4, -0.2) is 51.0 Å². The normalized spacial score (nSPS) is 16.0. The van der Waals surface area contributed by atoms with Crippen LogP contribution in [0.2, 0.25) is 0 Å². The smallest absolute Gasteiger partial charge is 0.311 e. The van der Waals surface area contributed by atoms with Gasteiger partial charge in [-0.2, -0.15) is 0 Å². The van der Waals surface area contributed by atoms with Gasteiger partial charge in [-0.1, -0.05) is 12.1 Å². The SMILES string of the molecule is CN1CC[C@@H](Oc2cc3ncnc(Nc4ccnc(-c5ccccc5F)c4)c3cc2[N+](=O)[O-])C1. The first-order valence-electron chi connectivity index (χ1n) is 10.7. The summed E-state index contributed by atoms with van der Waals surface area (Å²) >= 11 is 0. The van der Waals surface area contributed by atoms with Gasteiger partial charge in [0.05, 0.1) is 21.5 Å². The number of nitrogens with zero attached hydrogens (tertiary/aromatic N) is 5. The van der Waals surface area contributed by atoms with Crippen molar-refractivity contribution < 1.29 is 14.1 Å². The molecule has 0 saturated carbocycles. The van der Waals surface area contributed by atoms with Gasteiger partial charge in [0, 0.05) is 42.7 Å². The molecule has 1 atom stereocenters. The number of rotatable bonds is 6. The zero-order valence-electron chi connectivity index (χ0n) is 18.3. The van der Waals surface area contributed by atoms with Gasteiger partial charge in [-0.15, -0.1) is 0 Å².